The molecule has 1 unspecified atom stereocenters. The van der Waals surface area contributed by atoms with Gasteiger partial charge >= 0.3 is 6.09 Å². The number of rotatable bonds is 4. The summed E-state index contributed by atoms with van der Waals surface area (Å²) in [6.07, 6.45) is 0.0117. The zero-order chi connectivity index (χ0) is 18.0. The van der Waals surface area contributed by atoms with Crippen LogP contribution in [0, 0.1) is 18.7 Å². The quantitative estimate of drug-likeness (QED) is 0.904. The van der Waals surface area contributed by atoms with E-state index in [-0.39, 0.29) is 5.82 Å². The smallest absolute Gasteiger partial charge is 0.411 e. The van der Waals surface area contributed by atoms with Crippen LogP contribution in [0.4, 0.5) is 14.9 Å². The number of hydrogen-bond donors (Lipinski definition) is 1. The molecule has 2 aromatic rings. The Bertz CT molecular complexity index is 778. The average molecular weight is 342 g/mol. The minimum absolute atomic E-state index is 0.308. The summed E-state index contributed by atoms with van der Waals surface area (Å²) in [5.41, 5.74) is 3.05. The van der Waals surface area contributed by atoms with Crippen LogP contribution < -0.4 is 4.90 Å². The van der Waals surface area contributed by atoms with E-state index < -0.39 is 6.09 Å². The molecule has 1 N–H and O–H groups in total. The number of carboxylic acid groups (broad SMARTS) is 1. The normalized spacial score (nSPS) is 17.6. The Hall–Kier alpha value is -2.40. The molecule has 132 valence electrons. The molecule has 25 heavy (non-hydrogen) atoms. The molecule has 5 heteroatoms. The summed E-state index contributed by atoms with van der Waals surface area (Å²) in [6, 6.07) is 11.9. The highest BCUT2D eigenvalue weighted by Gasteiger charge is 2.26. The molecule has 1 aliphatic rings. The number of carbonyl (C=O) groups is 1. The molecule has 3 rings (SSSR count). The molecular weight excluding hydrogens is 319 g/mol. The lowest BCUT2D eigenvalue weighted by Crippen LogP contribution is -2.35. The highest BCUT2D eigenvalue weighted by Crippen LogP contribution is 2.33. The molecule has 0 aromatic heterocycles. The number of nitrogens with zero attached hydrogens (tertiary/aromatic N) is 2. The molecule has 1 amide bonds. The van der Waals surface area contributed by atoms with Gasteiger partial charge in [0.15, 0.2) is 0 Å². The van der Waals surface area contributed by atoms with Gasteiger partial charge in [0.2, 0.25) is 0 Å². The largest absolute Gasteiger partial charge is 0.465 e. The van der Waals surface area contributed by atoms with Gasteiger partial charge in [0, 0.05) is 18.7 Å². The molecule has 0 aliphatic carbocycles. The molecule has 0 saturated carbocycles. The summed E-state index contributed by atoms with van der Waals surface area (Å²) in [7, 11) is 2.05. The summed E-state index contributed by atoms with van der Waals surface area (Å²) in [5, 5.41) is 9.79. The van der Waals surface area contributed by atoms with Crippen molar-refractivity contribution in [3.63, 3.8) is 0 Å². The van der Waals surface area contributed by atoms with Crippen molar-refractivity contribution in [1.82, 2.24) is 4.90 Å². The van der Waals surface area contributed by atoms with Crippen molar-refractivity contribution < 1.29 is 14.3 Å². The monoisotopic (exact) mass is 342 g/mol. The van der Waals surface area contributed by atoms with E-state index in [0.717, 1.165) is 30.6 Å². The van der Waals surface area contributed by atoms with E-state index in [0.29, 0.717) is 23.7 Å². The minimum Gasteiger partial charge on any atom is -0.465 e. The van der Waals surface area contributed by atoms with Crippen molar-refractivity contribution in [3.8, 4) is 11.1 Å². The van der Waals surface area contributed by atoms with Crippen LogP contribution in [0.15, 0.2) is 42.5 Å². The van der Waals surface area contributed by atoms with Crippen LogP contribution in [-0.4, -0.2) is 42.8 Å². The average Bonchev–Trinajstić information content (AvgIpc) is 2.98. The van der Waals surface area contributed by atoms with Gasteiger partial charge in [0.1, 0.15) is 5.82 Å². The first kappa shape index (κ1) is 17.4. The second kappa shape index (κ2) is 7.23. The van der Waals surface area contributed by atoms with Crippen molar-refractivity contribution in [2.45, 2.75) is 13.3 Å². The Kier molecular flexibility index (Phi) is 5.04. The fraction of sp³-hybridized carbons (Fsp3) is 0.350. The highest BCUT2D eigenvalue weighted by atomic mass is 19.1. The molecule has 2 aromatic carbocycles. The predicted molar refractivity (Wildman–Crippen MR) is 97.5 cm³/mol. The van der Waals surface area contributed by atoms with Crippen LogP contribution in [0.5, 0.6) is 0 Å². The van der Waals surface area contributed by atoms with Gasteiger partial charge in [-0.05, 0) is 62.7 Å². The second-order valence-electron chi connectivity index (χ2n) is 6.84. The number of likely N-dealkylation sites (tertiary alicyclic amines) is 1. The van der Waals surface area contributed by atoms with Crippen LogP contribution in [0.2, 0.25) is 0 Å². The lowest BCUT2D eigenvalue weighted by molar-refractivity contribution is 0.200. The first-order valence-corrected chi connectivity index (χ1v) is 8.49. The summed E-state index contributed by atoms with van der Waals surface area (Å²) in [6.45, 7) is 4.28. The highest BCUT2D eigenvalue weighted by molar-refractivity contribution is 5.93. The first-order valence-electron chi connectivity index (χ1n) is 8.49. The Morgan fingerprint density at radius 3 is 2.76 bits per heavy atom. The second-order valence-corrected chi connectivity index (χ2v) is 6.84. The SMILES string of the molecule is Cc1ccc(N(CC2CCN(C)C2)C(=O)O)c(-c2cccc(F)c2)c1. The number of amides is 1. The van der Waals surface area contributed by atoms with Crippen molar-refractivity contribution in [2.24, 2.45) is 5.92 Å². The van der Waals surface area contributed by atoms with Gasteiger partial charge in [-0.15, -0.1) is 0 Å². The van der Waals surface area contributed by atoms with Gasteiger partial charge in [0.05, 0.1) is 5.69 Å². The van der Waals surface area contributed by atoms with Crippen molar-refractivity contribution >= 4 is 11.8 Å². The number of anilines is 1. The number of halogens is 1. The molecule has 1 atom stereocenters. The maximum Gasteiger partial charge on any atom is 0.411 e. The van der Waals surface area contributed by atoms with Gasteiger partial charge in [-0.3, -0.25) is 4.90 Å². The molecule has 1 fully saturated rings. The molecule has 4 nitrogen and oxygen atoms in total. The predicted octanol–water partition coefficient (Wildman–Crippen LogP) is 4.24. The third kappa shape index (κ3) is 3.99. The van der Waals surface area contributed by atoms with Crippen LogP contribution in [0.3, 0.4) is 0 Å². The maximum atomic E-state index is 13.7. The van der Waals surface area contributed by atoms with E-state index in [1.165, 1.54) is 17.0 Å². The molecular formula is C20H23FN2O2. The number of aryl methyl sites for hydroxylation is 1. The topological polar surface area (TPSA) is 43.8 Å². The van der Waals surface area contributed by atoms with E-state index in [1.54, 1.807) is 6.07 Å². The molecule has 0 bridgehead atoms. The molecule has 1 heterocycles. The van der Waals surface area contributed by atoms with Crippen LogP contribution in [0.25, 0.3) is 11.1 Å². The first-order chi connectivity index (χ1) is 11.9. The van der Waals surface area contributed by atoms with Crippen LogP contribution >= 0.6 is 0 Å². The molecule has 1 saturated heterocycles. The zero-order valence-electron chi connectivity index (χ0n) is 14.6. The van der Waals surface area contributed by atoms with Gasteiger partial charge < -0.3 is 10.0 Å². The lowest BCUT2D eigenvalue weighted by Gasteiger charge is -2.25. The maximum absolute atomic E-state index is 13.7. The van der Waals surface area contributed by atoms with Crippen LogP contribution in [0.1, 0.15) is 12.0 Å². The Balaban J connectivity index is 2.00. The number of benzene rings is 2. The van der Waals surface area contributed by atoms with Crippen molar-refractivity contribution in [3.05, 3.63) is 53.8 Å². The van der Waals surface area contributed by atoms with E-state index in [2.05, 4.69) is 11.9 Å². The fourth-order valence-electron chi connectivity index (χ4n) is 3.49. The van der Waals surface area contributed by atoms with E-state index >= 15 is 0 Å². The Labute approximate surface area is 147 Å². The van der Waals surface area contributed by atoms with E-state index in [4.69, 9.17) is 0 Å². The Morgan fingerprint density at radius 1 is 1.32 bits per heavy atom. The van der Waals surface area contributed by atoms with Crippen molar-refractivity contribution in [1.29, 1.82) is 0 Å². The minimum atomic E-state index is -0.976. The summed E-state index contributed by atoms with van der Waals surface area (Å²) < 4.78 is 13.7. The van der Waals surface area contributed by atoms with Crippen LogP contribution in [-0.2, 0) is 0 Å². The van der Waals surface area contributed by atoms with Gasteiger partial charge in [-0.25, -0.2) is 9.18 Å². The third-order valence-electron chi connectivity index (χ3n) is 4.74. The lowest BCUT2D eigenvalue weighted by atomic mass is 9.99. The Morgan fingerprint density at radius 2 is 2.12 bits per heavy atom. The van der Waals surface area contributed by atoms with Gasteiger partial charge in [-0.2, -0.15) is 0 Å². The fourth-order valence-corrected chi connectivity index (χ4v) is 3.49. The van der Waals surface area contributed by atoms with Gasteiger partial charge in [0.25, 0.3) is 0 Å². The third-order valence-corrected chi connectivity index (χ3v) is 4.74. The summed E-state index contributed by atoms with van der Waals surface area (Å²) >= 11 is 0. The molecule has 0 radical (unpaired) electrons. The molecule has 0 spiro atoms. The number of hydrogen-bond acceptors (Lipinski definition) is 2. The molecule has 1 aliphatic heterocycles. The van der Waals surface area contributed by atoms with Crippen molar-refractivity contribution in [2.75, 3.05) is 31.6 Å². The zero-order valence-corrected chi connectivity index (χ0v) is 14.6. The van der Waals surface area contributed by atoms with E-state index in [9.17, 15) is 14.3 Å². The summed E-state index contributed by atoms with van der Waals surface area (Å²) in [5.74, 6) is -0.0213. The van der Waals surface area contributed by atoms with Gasteiger partial charge in [-0.1, -0.05) is 23.8 Å². The van der Waals surface area contributed by atoms with E-state index in [1.807, 2.05) is 31.2 Å². The summed E-state index contributed by atoms with van der Waals surface area (Å²) in [4.78, 5) is 15.6. The standard InChI is InChI=1S/C20H23FN2O2/c1-14-6-7-19(18(10-14)16-4-3-5-17(21)11-16)23(20(24)25)13-15-8-9-22(2)12-15/h3-7,10-11,15H,8-9,12-13H2,1-2H3,(H,24,25).